The molecule has 1 aromatic rings. The third-order valence-corrected chi connectivity index (χ3v) is 4.83. The summed E-state index contributed by atoms with van der Waals surface area (Å²) in [5.74, 6) is 0.164. The Morgan fingerprint density at radius 2 is 1.74 bits per heavy atom. The van der Waals surface area contributed by atoms with E-state index in [4.69, 9.17) is 0 Å². The molecule has 0 radical (unpaired) electrons. The molecule has 1 rings (SSSR count). The van der Waals surface area contributed by atoms with Crippen LogP contribution in [0.4, 0.5) is 0 Å². The number of halogens is 1. The highest BCUT2D eigenvalue weighted by Crippen LogP contribution is 2.21. The smallest absolute Gasteiger partial charge is 0.212 e. The Morgan fingerprint density at radius 3 is 2.21 bits per heavy atom. The fourth-order valence-corrected chi connectivity index (χ4v) is 3.53. The van der Waals surface area contributed by atoms with Crippen LogP contribution in [0.15, 0.2) is 28.7 Å². The summed E-state index contributed by atoms with van der Waals surface area (Å²) in [4.78, 5) is 0. The number of sulfonamides is 1. The Morgan fingerprint density at radius 1 is 1.21 bits per heavy atom. The SMILES string of the molecule is CC(NS(=O)(=O)CCC(C)(C)C)c1ccc(Br)cc1. The van der Waals surface area contributed by atoms with E-state index in [0.717, 1.165) is 10.0 Å². The van der Waals surface area contributed by atoms with Gasteiger partial charge in [0.15, 0.2) is 0 Å². The molecular formula is C14H22BrNO2S. The van der Waals surface area contributed by atoms with E-state index in [9.17, 15) is 8.42 Å². The summed E-state index contributed by atoms with van der Waals surface area (Å²) in [6.07, 6.45) is 0.648. The maximum atomic E-state index is 12.0. The van der Waals surface area contributed by atoms with Gasteiger partial charge in [-0.15, -0.1) is 0 Å². The standard InChI is InChI=1S/C14H22BrNO2S/c1-11(12-5-7-13(15)8-6-12)16-19(17,18)10-9-14(2,3)4/h5-8,11,16H,9-10H2,1-4H3. The minimum Gasteiger partial charge on any atom is -0.212 e. The maximum absolute atomic E-state index is 12.0. The predicted molar refractivity (Wildman–Crippen MR) is 83.6 cm³/mol. The second-order valence-corrected chi connectivity index (χ2v) is 8.81. The zero-order valence-electron chi connectivity index (χ0n) is 11.9. The van der Waals surface area contributed by atoms with Crippen LogP contribution in [0.2, 0.25) is 0 Å². The summed E-state index contributed by atoms with van der Waals surface area (Å²) in [6, 6.07) is 7.45. The Hall–Kier alpha value is -0.390. The van der Waals surface area contributed by atoms with Crippen LogP contribution in [0.25, 0.3) is 0 Å². The van der Waals surface area contributed by atoms with Crippen molar-refractivity contribution in [2.24, 2.45) is 5.41 Å². The number of nitrogens with one attached hydrogen (secondary N) is 1. The van der Waals surface area contributed by atoms with Gasteiger partial charge in [-0.2, -0.15) is 0 Å². The van der Waals surface area contributed by atoms with E-state index in [-0.39, 0.29) is 17.2 Å². The first-order chi connectivity index (χ1) is 8.59. The Kier molecular flexibility index (Phi) is 5.59. The molecular weight excluding hydrogens is 326 g/mol. The zero-order valence-corrected chi connectivity index (χ0v) is 14.3. The van der Waals surface area contributed by atoms with Gasteiger partial charge in [0.05, 0.1) is 5.75 Å². The van der Waals surface area contributed by atoms with Crippen molar-refractivity contribution in [3.05, 3.63) is 34.3 Å². The summed E-state index contributed by atoms with van der Waals surface area (Å²) < 4.78 is 27.7. The van der Waals surface area contributed by atoms with Crippen molar-refractivity contribution in [1.82, 2.24) is 4.72 Å². The second kappa shape index (κ2) is 6.37. The molecule has 0 fully saturated rings. The van der Waals surface area contributed by atoms with E-state index in [2.05, 4.69) is 20.7 Å². The molecule has 108 valence electrons. The van der Waals surface area contributed by atoms with Crippen LogP contribution in [-0.2, 0) is 10.0 Å². The van der Waals surface area contributed by atoms with E-state index in [0.29, 0.717) is 6.42 Å². The van der Waals surface area contributed by atoms with Gasteiger partial charge in [0, 0.05) is 10.5 Å². The lowest BCUT2D eigenvalue weighted by Gasteiger charge is -2.20. The molecule has 0 aliphatic heterocycles. The molecule has 0 aliphatic rings. The lowest BCUT2D eigenvalue weighted by molar-refractivity contribution is 0.396. The van der Waals surface area contributed by atoms with Crippen LogP contribution in [0.5, 0.6) is 0 Å². The zero-order chi connectivity index (χ0) is 14.7. The molecule has 1 aromatic carbocycles. The van der Waals surface area contributed by atoms with E-state index >= 15 is 0 Å². The van der Waals surface area contributed by atoms with Gasteiger partial charge in [-0.1, -0.05) is 48.8 Å². The molecule has 0 aromatic heterocycles. The lowest BCUT2D eigenvalue weighted by atomic mass is 9.94. The molecule has 1 atom stereocenters. The number of hydrogen-bond donors (Lipinski definition) is 1. The van der Waals surface area contributed by atoms with Gasteiger partial charge in [0.25, 0.3) is 0 Å². The highest BCUT2D eigenvalue weighted by molar-refractivity contribution is 9.10. The summed E-state index contributed by atoms with van der Waals surface area (Å²) >= 11 is 3.36. The van der Waals surface area contributed by atoms with Crippen molar-refractivity contribution in [1.29, 1.82) is 0 Å². The second-order valence-electron chi connectivity index (χ2n) is 6.02. The minimum absolute atomic E-state index is 0.0234. The molecule has 5 heteroatoms. The van der Waals surface area contributed by atoms with Crippen LogP contribution in [-0.4, -0.2) is 14.2 Å². The quantitative estimate of drug-likeness (QED) is 0.878. The Labute approximate surface area is 125 Å². The first-order valence-electron chi connectivity index (χ1n) is 6.34. The highest BCUT2D eigenvalue weighted by Gasteiger charge is 2.19. The molecule has 3 nitrogen and oxygen atoms in total. The molecule has 0 saturated carbocycles. The van der Waals surface area contributed by atoms with Crippen LogP contribution in [0.1, 0.15) is 45.7 Å². The predicted octanol–water partition coefficient (Wildman–Crippen LogP) is 3.87. The van der Waals surface area contributed by atoms with Gasteiger partial charge < -0.3 is 0 Å². The van der Waals surface area contributed by atoms with E-state index in [1.807, 2.05) is 52.0 Å². The van der Waals surface area contributed by atoms with Crippen molar-refractivity contribution < 1.29 is 8.42 Å². The third-order valence-electron chi connectivity index (χ3n) is 2.85. The molecule has 1 N–H and O–H groups in total. The monoisotopic (exact) mass is 347 g/mol. The van der Waals surface area contributed by atoms with Crippen molar-refractivity contribution in [2.45, 2.75) is 40.2 Å². The summed E-state index contributed by atoms with van der Waals surface area (Å²) in [5.41, 5.74) is 0.984. The molecule has 0 spiro atoms. The maximum Gasteiger partial charge on any atom is 0.212 e. The molecule has 0 amide bonds. The fourth-order valence-electron chi connectivity index (χ4n) is 1.59. The van der Waals surface area contributed by atoms with Crippen molar-refractivity contribution in [3.63, 3.8) is 0 Å². The molecule has 19 heavy (non-hydrogen) atoms. The summed E-state index contributed by atoms with van der Waals surface area (Å²) in [7, 11) is -3.23. The van der Waals surface area contributed by atoms with E-state index in [1.165, 1.54) is 0 Å². The van der Waals surface area contributed by atoms with Crippen molar-refractivity contribution in [3.8, 4) is 0 Å². The van der Waals surface area contributed by atoms with Crippen molar-refractivity contribution in [2.75, 3.05) is 5.75 Å². The average molecular weight is 348 g/mol. The van der Waals surface area contributed by atoms with Gasteiger partial charge in [-0.25, -0.2) is 13.1 Å². The molecule has 0 saturated heterocycles. The Balaban J connectivity index is 2.65. The third kappa shape index (κ3) is 6.54. The van der Waals surface area contributed by atoms with Gasteiger partial charge in [0.2, 0.25) is 10.0 Å². The van der Waals surface area contributed by atoms with Crippen LogP contribution >= 0.6 is 15.9 Å². The molecule has 0 heterocycles. The topological polar surface area (TPSA) is 46.2 Å². The van der Waals surface area contributed by atoms with E-state index in [1.54, 1.807) is 0 Å². The largest absolute Gasteiger partial charge is 0.212 e. The van der Waals surface area contributed by atoms with Gasteiger partial charge in [-0.05, 0) is 36.5 Å². The average Bonchev–Trinajstić information content (AvgIpc) is 2.26. The minimum atomic E-state index is -3.23. The number of rotatable bonds is 5. The molecule has 0 bridgehead atoms. The summed E-state index contributed by atoms with van der Waals surface area (Å²) in [5, 5.41) is 0. The summed E-state index contributed by atoms with van der Waals surface area (Å²) in [6.45, 7) is 7.99. The first kappa shape index (κ1) is 16.7. The van der Waals surface area contributed by atoms with Gasteiger partial charge >= 0.3 is 0 Å². The normalized spacial score (nSPS) is 14.4. The van der Waals surface area contributed by atoms with Crippen LogP contribution < -0.4 is 4.72 Å². The molecule has 0 aliphatic carbocycles. The Bertz CT molecular complexity index is 503. The van der Waals surface area contributed by atoms with Crippen LogP contribution in [0, 0.1) is 5.41 Å². The highest BCUT2D eigenvalue weighted by atomic mass is 79.9. The number of hydrogen-bond acceptors (Lipinski definition) is 2. The number of benzene rings is 1. The van der Waals surface area contributed by atoms with Crippen LogP contribution in [0.3, 0.4) is 0 Å². The van der Waals surface area contributed by atoms with E-state index < -0.39 is 10.0 Å². The van der Waals surface area contributed by atoms with Crippen molar-refractivity contribution >= 4 is 26.0 Å². The van der Waals surface area contributed by atoms with Gasteiger partial charge in [0.1, 0.15) is 0 Å². The van der Waals surface area contributed by atoms with Gasteiger partial charge in [-0.3, -0.25) is 0 Å². The first-order valence-corrected chi connectivity index (χ1v) is 8.79. The fraction of sp³-hybridized carbons (Fsp3) is 0.571. The molecule has 1 unspecified atom stereocenters. The lowest BCUT2D eigenvalue weighted by Crippen LogP contribution is -2.30.